The number of rotatable bonds is 7. The highest BCUT2D eigenvalue weighted by atomic mass is 35.5. The topological polar surface area (TPSA) is 93.3 Å². The highest BCUT2D eigenvalue weighted by Gasteiger charge is 2.21. The van der Waals surface area contributed by atoms with Crippen molar-refractivity contribution < 1.29 is 9.72 Å². The zero-order chi connectivity index (χ0) is 18.6. The summed E-state index contributed by atoms with van der Waals surface area (Å²) in [5.41, 5.74) is 2.52. The average molecular weight is 382 g/mol. The molecule has 0 radical (unpaired) electrons. The van der Waals surface area contributed by atoms with Gasteiger partial charge in [0.15, 0.2) is 0 Å². The molecule has 9 heteroatoms. The molecular formula is C17H24ClN5O3. The van der Waals surface area contributed by atoms with Crippen LogP contribution in [-0.4, -0.2) is 52.7 Å². The summed E-state index contributed by atoms with van der Waals surface area (Å²) in [7, 11) is 3.61. The standard InChI is InChI=1S/C17H23N5O3.ClH/c1-12-16(22(24)25)13(2)21(19-12)11-14-5-7-15(8-6-14)17(23)20(4)10-9-18-3;/h5-8,18H,9-11H2,1-4H3;1H. The molecule has 0 bridgehead atoms. The van der Waals surface area contributed by atoms with Crippen LogP contribution in [0.3, 0.4) is 0 Å². The molecule has 8 nitrogen and oxygen atoms in total. The number of carbonyl (C=O) groups is 1. The van der Waals surface area contributed by atoms with Crippen molar-refractivity contribution in [3.8, 4) is 0 Å². The van der Waals surface area contributed by atoms with Crippen molar-refractivity contribution in [2.24, 2.45) is 0 Å². The van der Waals surface area contributed by atoms with Crippen LogP contribution in [0.25, 0.3) is 0 Å². The Balaban J connectivity index is 0.00000338. The number of halogens is 1. The minimum absolute atomic E-state index is 0. The van der Waals surface area contributed by atoms with Gasteiger partial charge in [-0.3, -0.25) is 19.6 Å². The third-order valence-electron chi connectivity index (χ3n) is 4.10. The molecule has 2 aromatic rings. The lowest BCUT2D eigenvalue weighted by Crippen LogP contribution is -2.32. The second-order valence-corrected chi connectivity index (χ2v) is 5.96. The SMILES string of the molecule is CNCCN(C)C(=O)c1ccc(Cn2nc(C)c([N+](=O)[O-])c2C)cc1.Cl. The number of carbonyl (C=O) groups excluding carboxylic acids is 1. The largest absolute Gasteiger partial charge is 0.340 e. The van der Waals surface area contributed by atoms with Gasteiger partial charge in [-0.05, 0) is 38.6 Å². The summed E-state index contributed by atoms with van der Waals surface area (Å²) in [6, 6.07) is 7.24. The Morgan fingerprint density at radius 3 is 2.42 bits per heavy atom. The number of hydrogen-bond donors (Lipinski definition) is 1. The molecule has 1 aromatic carbocycles. The van der Waals surface area contributed by atoms with E-state index in [1.807, 2.05) is 19.2 Å². The number of nitrogens with zero attached hydrogens (tertiary/aromatic N) is 4. The zero-order valence-corrected chi connectivity index (χ0v) is 16.2. The molecular weight excluding hydrogens is 358 g/mol. The molecule has 1 aromatic heterocycles. The predicted molar refractivity (Wildman–Crippen MR) is 102 cm³/mol. The first-order valence-corrected chi connectivity index (χ1v) is 8.02. The summed E-state index contributed by atoms with van der Waals surface area (Å²) in [4.78, 5) is 24.6. The normalized spacial score (nSPS) is 10.3. The molecule has 0 spiro atoms. The Hall–Kier alpha value is -2.45. The summed E-state index contributed by atoms with van der Waals surface area (Å²) in [5.74, 6) is -0.0384. The highest BCUT2D eigenvalue weighted by molar-refractivity contribution is 5.94. The van der Waals surface area contributed by atoms with Crippen LogP contribution in [0.15, 0.2) is 24.3 Å². The van der Waals surface area contributed by atoms with Crippen LogP contribution in [0.2, 0.25) is 0 Å². The van der Waals surface area contributed by atoms with Crippen LogP contribution in [0.5, 0.6) is 0 Å². The van der Waals surface area contributed by atoms with Gasteiger partial charge in [-0.2, -0.15) is 5.10 Å². The monoisotopic (exact) mass is 381 g/mol. The zero-order valence-electron chi connectivity index (χ0n) is 15.4. The van der Waals surface area contributed by atoms with Crippen LogP contribution in [0, 0.1) is 24.0 Å². The quantitative estimate of drug-likeness (QED) is 0.586. The lowest BCUT2D eigenvalue weighted by Gasteiger charge is -2.17. The van der Waals surface area contributed by atoms with E-state index in [0.29, 0.717) is 30.0 Å². The average Bonchev–Trinajstić information content (AvgIpc) is 2.86. The van der Waals surface area contributed by atoms with E-state index < -0.39 is 4.92 Å². The number of hydrogen-bond acceptors (Lipinski definition) is 5. The van der Waals surface area contributed by atoms with Gasteiger partial charge in [0, 0.05) is 25.7 Å². The number of nitro groups is 1. The predicted octanol–water partition coefficient (Wildman–Crippen LogP) is 2.17. The smallest absolute Gasteiger partial charge is 0.312 e. The van der Waals surface area contributed by atoms with Crippen molar-refractivity contribution in [2.45, 2.75) is 20.4 Å². The summed E-state index contributed by atoms with van der Waals surface area (Å²) >= 11 is 0. The molecule has 2 rings (SSSR count). The Labute approximate surface area is 158 Å². The molecule has 26 heavy (non-hydrogen) atoms. The second-order valence-electron chi connectivity index (χ2n) is 5.96. The highest BCUT2D eigenvalue weighted by Crippen LogP contribution is 2.22. The molecule has 0 fully saturated rings. The van der Waals surface area contributed by atoms with Crippen LogP contribution in [-0.2, 0) is 6.54 Å². The lowest BCUT2D eigenvalue weighted by atomic mass is 10.1. The fraction of sp³-hybridized carbons (Fsp3) is 0.412. The van der Waals surface area contributed by atoms with Crippen LogP contribution >= 0.6 is 12.4 Å². The van der Waals surface area contributed by atoms with Gasteiger partial charge in [-0.25, -0.2) is 0 Å². The van der Waals surface area contributed by atoms with Gasteiger partial charge in [0.1, 0.15) is 11.4 Å². The molecule has 1 N–H and O–H groups in total. The summed E-state index contributed by atoms with van der Waals surface area (Å²) in [6.45, 7) is 5.10. The number of nitrogens with one attached hydrogen (secondary N) is 1. The molecule has 0 unspecified atom stereocenters. The van der Waals surface area contributed by atoms with Crippen molar-refractivity contribution in [1.82, 2.24) is 20.0 Å². The number of aryl methyl sites for hydroxylation is 1. The van der Waals surface area contributed by atoms with Gasteiger partial charge in [0.25, 0.3) is 5.91 Å². The van der Waals surface area contributed by atoms with Gasteiger partial charge in [-0.1, -0.05) is 12.1 Å². The molecule has 0 saturated carbocycles. The summed E-state index contributed by atoms with van der Waals surface area (Å²) < 4.78 is 1.61. The fourth-order valence-electron chi connectivity index (χ4n) is 2.63. The third kappa shape index (κ3) is 4.80. The summed E-state index contributed by atoms with van der Waals surface area (Å²) in [5, 5.41) is 18.3. The van der Waals surface area contributed by atoms with E-state index in [9.17, 15) is 14.9 Å². The van der Waals surface area contributed by atoms with E-state index in [1.54, 1.807) is 42.6 Å². The molecule has 142 valence electrons. The first-order valence-electron chi connectivity index (χ1n) is 8.02. The number of benzene rings is 1. The third-order valence-corrected chi connectivity index (χ3v) is 4.10. The maximum absolute atomic E-state index is 12.3. The van der Waals surface area contributed by atoms with Crippen LogP contribution in [0.4, 0.5) is 5.69 Å². The van der Waals surface area contributed by atoms with E-state index in [-0.39, 0.29) is 24.0 Å². The number of amides is 1. The van der Waals surface area contributed by atoms with E-state index in [1.165, 1.54) is 0 Å². The molecule has 0 aliphatic carbocycles. The Morgan fingerprint density at radius 1 is 1.31 bits per heavy atom. The van der Waals surface area contributed by atoms with Crippen molar-refractivity contribution in [3.05, 3.63) is 56.9 Å². The molecule has 0 saturated heterocycles. The molecule has 0 aliphatic rings. The van der Waals surface area contributed by atoms with Crippen molar-refractivity contribution in [3.63, 3.8) is 0 Å². The minimum atomic E-state index is -0.406. The Kier molecular flexibility index (Phi) is 7.73. The van der Waals surface area contributed by atoms with E-state index in [4.69, 9.17) is 0 Å². The molecule has 0 atom stereocenters. The summed E-state index contributed by atoms with van der Waals surface area (Å²) in [6.07, 6.45) is 0. The Morgan fingerprint density at radius 2 is 1.92 bits per heavy atom. The van der Waals surface area contributed by atoms with Crippen molar-refractivity contribution in [2.75, 3.05) is 27.2 Å². The van der Waals surface area contributed by atoms with Gasteiger partial charge < -0.3 is 10.2 Å². The van der Waals surface area contributed by atoms with Crippen LogP contribution < -0.4 is 5.32 Å². The lowest BCUT2D eigenvalue weighted by molar-refractivity contribution is -0.386. The molecule has 0 aliphatic heterocycles. The van der Waals surface area contributed by atoms with Gasteiger partial charge in [0.2, 0.25) is 0 Å². The second kappa shape index (κ2) is 9.30. The van der Waals surface area contributed by atoms with Crippen molar-refractivity contribution >= 4 is 24.0 Å². The number of aromatic nitrogens is 2. The van der Waals surface area contributed by atoms with E-state index >= 15 is 0 Å². The minimum Gasteiger partial charge on any atom is -0.340 e. The maximum atomic E-state index is 12.3. The van der Waals surface area contributed by atoms with Crippen molar-refractivity contribution in [1.29, 1.82) is 0 Å². The van der Waals surface area contributed by atoms with Gasteiger partial charge >= 0.3 is 5.69 Å². The first kappa shape index (κ1) is 21.6. The first-order chi connectivity index (χ1) is 11.8. The fourth-order valence-corrected chi connectivity index (χ4v) is 2.63. The Bertz CT molecular complexity index is 773. The molecule has 1 amide bonds. The van der Waals surface area contributed by atoms with Gasteiger partial charge in [0.05, 0.1) is 11.5 Å². The van der Waals surface area contributed by atoms with Crippen LogP contribution in [0.1, 0.15) is 27.3 Å². The van der Waals surface area contributed by atoms with E-state index in [2.05, 4.69) is 10.4 Å². The molecule has 1 heterocycles. The van der Waals surface area contributed by atoms with Gasteiger partial charge in [-0.15, -0.1) is 12.4 Å². The number of likely N-dealkylation sites (N-methyl/N-ethyl adjacent to an activating group) is 2. The maximum Gasteiger partial charge on any atom is 0.312 e. The van der Waals surface area contributed by atoms with E-state index in [0.717, 1.165) is 12.1 Å².